The SMILES string of the molecule is CCOC(=O)/C(Br)=C(\Br)c1ccccc1C(F)(F)F. The van der Waals surface area contributed by atoms with Gasteiger partial charge in [-0.25, -0.2) is 4.79 Å². The van der Waals surface area contributed by atoms with Crippen LogP contribution in [0.1, 0.15) is 18.1 Å². The highest BCUT2D eigenvalue weighted by atomic mass is 79.9. The number of hydrogen-bond acceptors (Lipinski definition) is 2. The highest BCUT2D eigenvalue weighted by Gasteiger charge is 2.34. The Labute approximate surface area is 124 Å². The van der Waals surface area contributed by atoms with E-state index in [0.717, 1.165) is 6.07 Å². The standard InChI is InChI=1S/C12H9Br2F3O2/c1-2-19-11(18)10(14)9(13)7-5-3-4-6-8(7)12(15,16)17/h3-6H,2H2,1H3/b10-9+. The molecule has 7 heteroatoms. The van der Waals surface area contributed by atoms with E-state index in [9.17, 15) is 18.0 Å². The first kappa shape index (κ1) is 16.2. The van der Waals surface area contributed by atoms with Gasteiger partial charge in [0.25, 0.3) is 0 Å². The average molecular weight is 402 g/mol. The van der Waals surface area contributed by atoms with Gasteiger partial charge in [0.05, 0.1) is 12.2 Å². The molecule has 19 heavy (non-hydrogen) atoms. The van der Waals surface area contributed by atoms with Gasteiger partial charge >= 0.3 is 12.1 Å². The molecule has 0 spiro atoms. The molecule has 2 nitrogen and oxygen atoms in total. The van der Waals surface area contributed by atoms with Crippen molar-refractivity contribution in [1.82, 2.24) is 0 Å². The molecule has 0 unspecified atom stereocenters. The number of carbonyl (C=O) groups is 1. The molecule has 0 aliphatic heterocycles. The van der Waals surface area contributed by atoms with E-state index in [-0.39, 0.29) is 21.1 Å². The van der Waals surface area contributed by atoms with Crippen molar-refractivity contribution in [3.8, 4) is 0 Å². The van der Waals surface area contributed by atoms with E-state index in [2.05, 4.69) is 31.9 Å². The fourth-order valence-electron chi connectivity index (χ4n) is 1.32. The first-order valence-corrected chi connectivity index (χ1v) is 6.76. The molecule has 0 aliphatic rings. The van der Waals surface area contributed by atoms with Crippen LogP contribution in [0.25, 0.3) is 4.48 Å². The van der Waals surface area contributed by atoms with Crippen LogP contribution < -0.4 is 0 Å². The second kappa shape index (κ2) is 6.56. The quantitative estimate of drug-likeness (QED) is 0.540. The summed E-state index contributed by atoms with van der Waals surface area (Å²) in [5, 5.41) is 0. The van der Waals surface area contributed by atoms with Crippen molar-refractivity contribution in [1.29, 1.82) is 0 Å². The van der Waals surface area contributed by atoms with Crippen molar-refractivity contribution in [2.24, 2.45) is 0 Å². The summed E-state index contributed by atoms with van der Waals surface area (Å²) in [6, 6.07) is 4.96. The number of hydrogen-bond donors (Lipinski definition) is 0. The first-order valence-electron chi connectivity index (χ1n) is 5.18. The fraction of sp³-hybridized carbons (Fsp3) is 0.250. The van der Waals surface area contributed by atoms with Crippen molar-refractivity contribution in [3.63, 3.8) is 0 Å². The molecule has 0 aliphatic carbocycles. The smallest absolute Gasteiger partial charge is 0.417 e. The summed E-state index contributed by atoms with van der Waals surface area (Å²) < 4.78 is 43.2. The van der Waals surface area contributed by atoms with Gasteiger partial charge in [0.2, 0.25) is 0 Å². The molecular weight excluding hydrogens is 393 g/mol. The molecule has 0 amide bonds. The molecule has 0 N–H and O–H groups in total. The summed E-state index contributed by atoms with van der Waals surface area (Å²) in [6.45, 7) is 1.74. The van der Waals surface area contributed by atoms with Gasteiger partial charge < -0.3 is 4.74 Å². The van der Waals surface area contributed by atoms with E-state index in [1.807, 2.05) is 0 Å². The minimum Gasteiger partial charge on any atom is -0.462 e. The lowest BCUT2D eigenvalue weighted by molar-refractivity contribution is -0.138. The zero-order valence-electron chi connectivity index (χ0n) is 9.72. The van der Waals surface area contributed by atoms with Crippen molar-refractivity contribution < 1.29 is 22.7 Å². The van der Waals surface area contributed by atoms with Crippen LogP contribution >= 0.6 is 31.9 Å². The van der Waals surface area contributed by atoms with E-state index in [0.29, 0.717) is 0 Å². The normalized spacial score (nSPS) is 12.9. The summed E-state index contributed by atoms with van der Waals surface area (Å²) in [4.78, 5) is 11.5. The highest BCUT2D eigenvalue weighted by molar-refractivity contribution is 9.16. The Kier molecular flexibility index (Phi) is 5.61. The minimum absolute atomic E-state index is 0.00104. The Hall–Kier alpha value is -0.820. The van der Waals surface area contributed by atoms with E-state index in [1.54, 1.807) is 6.92 Å². The van der Waals surface area contributed by atoms with Crippen LogP contribution in [0.5, 0.6) is 0 Å². The number of rotatable bonds is 3. The summed E-state index contributed by atoms with van der Waals surface area (Å²) in [7, 11) is 0. The first-order chi connectivity index (χ1) is 8.79. The summed E-state index contributed by atoms with van der Waals surface area (Å²) in [5.74, 6) is -0.730. The van der Waals surface area contributed by atoms with Gasteiger partial charge in [-0.3, -0.25) is 0 Å². The number of halogens is 5. The molecular formula is C12H9Br2F3O2. The molecule has 1 rings (SSSR count). The van der Waals surface area contributed by atoms with Gasteiger partial charge in [-0.1, -0.05) is 18.2 Å². The van der Waals surface area contributed by atoms with Gasteiger partial charge in [0.15, 0.2) is 0 Å². The van der Waals surface area contributed by atoms with Crippen LogP contribution in [0.15, 0.2) is 28.7 Å². The number of alkyl halides is 3. The van der Waals surface area contributed by atoms with Gasteiger partial charge in [-0.2, -0.15) is 13.2 Å². The molecule has 1 aromatic carbocycles. The zero-order chi connectivity index (χ0) is 14.6. The van der Waals surface area contributed by atoms with Gasteiger partial charge in [0.1, 0.15) is 4.48 Å². The molecule has 104 valence electrons. The Morgan fingerprint density at radius 3 is 2.37 bits per heavy atom. The van der Waals surface area contributed by atoms with Gasteiger partial charge in [-0.15, -0.1) is 0 Å². The van der Waals surface area contributed by atoms with E-state index >= 15 is 0 Å². The third-order valence-electron chi connectivity index (χ3n) is 2.12. The van der Waals surface area contributed by atoms with Crippen LogP contribution in [0, 0.1) is 0 Å². The van der Waals surface area contributed by atoms with E-state index < -0.39 is 17.7 Å². The maximum absolute atomic E-state index is 12.8. The van der Waals surface area contributed by atoms with Crippen LogP contribution in [0.4, 0.5) is 13.2 Å². The number of esters is 1. The third-order valence-corrected chi connectivity index (χ3v) is 4.19. The maximum Gasteiger partial charge on any atom is 0.417 e. The lowest BCUT2D eigenvalue weighted by Crippen LogP contribution is -2.09. The van der Waals surface area contributed by atoms with Crippen LogP contribution in [-0.2, 0) is 15.7 Å². The Bertz CT molecular complexity index is 510. The molecule has 0 atom stereocenters. The molecule has 0 aromatic heterocycles. The number of benzene rings is 1. The molecule has 0 bridgehead atoms. The number of ether oxygens (including phenoxy) is 1. The predicted octanol–water partition coefficient (Wildman–Crippen LogP) is 4.73. The molecule has 0 fully saturated rings. The van der Waals surface area contributed by atoms with Crippen LogP contribution in [0.3, 0.4) is 0 Å². The monoisotopic (exact) mass is 400 g/mol. The Balaban J connectivity index is 3.31. The molecule has 0 radical (unpaired) electrons. The third kappa shape index (κ3) is 4.07. The summed E-state index contributed by atoms with van der Waals surface area (Å²) in [6.07, 6.45) is -4.50. The highest BCUT2D eigenvalue weighted by Crippen LogP contribution is 2.39. The molecule has 0 saturated carbocycles. The van der Waals surface area contributed by atoms with E-state index in [4.69, 9.17) is 4.74 Å². The van der Waals surface area contributed by atoms with Crippen molar-refractivity contribution in [2.75, 3.05) is 6.61 Å². The summed E-state index contributed by atoms with van der Waals surface area (Å²) in [5.41, 5.74) is -0.960. The van der Waals surface area contributed by atoms with Crippen molar-refractivity contribution >= 4 is 42.3 Å². The average Bonchev–Trinajstić information content (AvgIpc) is 2.36. The molecule has 0 heterocycles. The molecule has 1 aromatic rings. The van der Waals surface area contributed by atoms with Gasteiger partial charge in [-0.05, 0) is 44.8 Å². The second-order valence-electron chi connectivity index (χ2n) is 3.39. The lowest BCUT2D eigenvalue weighted by Gasteiger charge is -2.13. The Morgan fingerprint density at radius 1 is 1.26 bits per heavy atom. The topological polar surface area (TPSA) is 26.3 Å². The maximum atomic E-state index is 12.8. The fourth-order valence-corrected chi connectivity index (χ4v) is 2.16. The predicted molar refractivity (Wildman–Crippen MR) is 72.9 cm³/mol. The number of carbonyl (C=O) groups excluding carboxylic acids is 1. The van der Waals surface area contributed by atoms with Crippen molar-refractivity contribution in [3.05, 3.63) is 39.9 Å². The largest absolute Gasteiger partial charge is 0.462 e. The zero-order valence-corrected chi connectivity index (χ0v) is 12.9. The summed E-state index contributed by atoms with van der Waals surface area (Å²) >= 11 is 5.94. The van der Waals surface area contributed by atoms with E-state index in [1.165, 1.54) is 18.2 Å². The Morgan fingerprint density at radius 2 is 1.84 bits per heavy atom. The van der Waals surface area contributed by atoms with Crippen LogP contribution in [-0.4, -0.2) is 12.6 Å². The van der Waals surface area contributed by atoms with Gasteiger partial charge in [0, 0.05) is 10.0 Å². The minimum atomic E-state index is -4.50. The second-order valence-corrected chi connectivity index (χ2v) is 4.98. The lowest BCUT2D eigenvalue weighted by atomic mass is 10.1. The van der Waals surface area contributed by atoms with Crippen LogP contribution in [0.2, 0.25) is 0 Å². The molecule has 0 saturated heterocycles. The van der Waals surface area contributed by atoms with Crippen molar-refractivity contribution in [2.45, 2.75) is 13.1 Å².